The van der Waals surface area contributed by atoms with E-state index >= 15 is 0 Å². The van der Waals surface area contributed by atoms with Gasteiger partial charge < -0.3 is 25.0 Å². The van der Waals surface area contributed by atoms with E-state index in [1.807, 2.05) is 39.0 Å². The maximum Gasteiger partial charge on any atom is 0.410 e. The minimum Gasteiger partial charge on any atom is -0.455 e. The van der Waals surface area contributed by atoms with E-state index in [1.54, 1.807) is 55.1 Å². The molecule has 3 aromatic carbocycles. The molecule has 0 bridgehead atoms. The number of likely N-dealkylation sites (tertiary alicyclic amines) is 1. The van der Waals surface area contributed by atoms with E-state index in [1.165, 1.54) is 24.3 Å². The molecule has 0 atom stereocenters. The number of carbonyl (C=O) groups excluding carboxylic acids is 3. The number of benzene rings is 3. The molecule has 3 amide bonds. The summed E-state index contributed by atoms with van der Waals surface area (Å²) in [5.74, 6) is 0.204. The molecular weight excluding hydrogens is 608 g/mol. The fourth-order valence-corrected chi connectivity index (χ4v) is 5.83. The summed E-state index contributed by atoms with van der Waals surface area (Å²) in [4.78, 5) is 40.0. The standard InChI is InChI=1S/C34H42N4O7S/c1-33(2,3)45-32(41)38-21-19-24(20-22-38)23-35-31(40)34(4,5)36-30(39)25-15-17-27(18-16-25)46(42,43)37-28-13-9-10-14-29(28)44-26-11-7-6-8-12-26/h6-18,24,37H,19-23H2,1-5H3,(H,35,40)(H,36,39). The predicted octanol–water partition coefficient (Wildman–Crippen LogP) is 5.55. The summed E-state index contributed by atoms with van der Waals surface area (Å²) in [6, 6.07) is 21.1. The van der Waals surface area contributed by atoms with Gasteiger partial charge in [-0.1, -0.05) is 30.3 Å². The lowest BCUT2D eigenvalue weighted by molar-refractivity contribution is -0.126. The highest BCUT2D eigenvalue weighted by Gasteiger charge is 2.32. The lowest BCUT2D eigenvalue weighted by Gasteiger charge is -2.34. The van der Waals surface area contributed by atoms with Crippen LogP contribution in [0.15, 0.2) is 83.8 Å². The van der Waals surface area contributed by atoms with Gasteiger partial charge in [0.1, 0.15) is 16.9 Å². The van der Waals surface area contributed by atoms with Crippen LogP contribution in [0.5, 0.6) is 11.5 Å². The highest BCUT2D eigenvalue weighted by molar-refractivity contribution is 7.92. The van der Waals surface area contributed by atoms with E-state index in [9.17, 15) is 22.8 Å². The molecule has 3 N–H and O–H groups in total. The summed E-state index contributed by atoms with van der Waals surface area (Å²) in [5, 5.41) is 5.65. The second kappa shape index (κ2) is 14.2. The molecule has 1 saturated heterocycles. The number of carbonyl (C=O) groups is 3. The first kappa shape index (κ1) is 34.3. The molecule has 46 heavy (non-hydrogen) atoms. The smallest absolute Gasteiger partial charge is 0.410 e. The number of para-hydroxylation sites is 3. The third-order valence-corrected chi connectivity index (χ3v) is 8.72. The van der Waals surface area contributed by atoms with Crippen molar-refractivity contribution in [2.45, 2.75) is 63.5 Å². The van der Waals surface area contributed by atoms with E-state index < -0.39 is 27.1 Å². The molecule has 12 heteroatoms. The molecule has 0 saturated carbocycles. The number of anilines is 1. The predicted molar refractivity (Wildman–Crippen MR) is 175 cm³/mol. The van der Waals surface area contributed by atoms with Crippen LogP contribution < -0.4 is 20.1 Å². The maximum absolute atomic E-state index is 13.2. The van der Waals surface area contributed by atoms with Crippen molar-refractivity contribution < 1.29 is 32.3 Å². The molecule has 1 heterocycles. The molecule has 0 radical (unpaired) electrons. The molecule has 0 unspecified atom stereocenters. The molecule has 11 nitrogen and oxygen atoms in total. The Kier molecular flexibility index (Phi) is 10.6. The van der Waals surface area contributed by atoms with Gasteiger partial charge in [-0.15, -0.1) is 0 Å². The van der Waals surface area contributed by atoms with Crippen LogP contribution in [0, 0.1) is 5.92 Å². The highest BCUT2D eigenvalue weighted by Crippen LogP contribution is 2.31. The summed E-state index contributed by atoms with van der Waals surface area (Å²) >= 11 is 0. The summed E-state index contributed by atoms with van der Waals surface area (Å²) < 4.78 is 40.2. The first-order chi connectivity index (χ1) is 21.6. The van der Waals surface area contributed by atoms with E-state index in [2.05, 4.69) is 15.4 Å². The van der Waals surface area contributed by atoms with Gasteiger partial charge in [0.2, 0.25) is 5.91 Å². The van der Waals surface area contributed by atoms with Crippen LogP contribution in [0.1, 0.15) is 57.8 Å². The number of nitrogens with one attached hydrogen (secondary N) is 3. The van der Waals surface area contributed by atoms with Crippen LogP contribution in [0.2, 0.25) is 0 Å². The minimum atomic E-state index is -4.01. The van der Waals surface area contributed by atoms with Crippen molar-refractivity contribution in [1.29, 1.82) is 0 Å². The summed E-state index contributed by atoms with van der Waals surface area (Å²) in [6.07, 6.45) is 1.11. The van der Waals surface area contributed by atoms with Gasteiger partial charge in [-0.3, -0.25) is 14.3 Å². The van der Waals surface area contributed by atoms with Crippen LogP contribution in [0.25, 0.3) is 0 Å². The Bertz CT molecular complexity index is 1630. The van der Waals surface area contributed by atoms with Crippen LogP contribution in [0.3, 0.4) is 0 Å². The molecule has 1 aliphatic heterocycles. The van der Waals surface area contributed by atoms with Crippen LogP contribution in [-0.4, -0.2) is 62.0 Å². The lowest BCUT2D eigenvalue weighted by Crippen LogP contribution is -2.55. The Labute approximate surface area is 270 Å². The quantitative estimate of drug-likeness (QED) is 0.261. The van der Waals surface area contributed by atoms with E-state index in [0.717, 1.165) is 12.8 Å². The average Bonchev–Trinajstić information content (AvgIpc) is 3.00. The number of nitrogens with zero attached hydrogens (tertiary/aromatic N) is 1. The van der Waals surface area contributed by atoms with Crippen molar-refractivity contribution in [3.63, 3.8) is 0 Å². The van der Waals surface area contributed by atoms with Crippen molar-refractivity contribution in [2.75, 3.05) is 24.4 Å². The number of rotatable bonds is 10. The van der Waals surface area contributed by atoms with Gasteiger partial charge in [-0.25, -0.2) is 13.2 Å². The molecule has 0 aromatic heterocycles. The zero-order valence-electron chi connectivity index (χ0n) is 26.8. The number of hydrogen-bond acceptors (Lipinski definition) is 7. The Morgan fingerprint density at radius 2 is 1.46 bits per heavy atom. The van der Waals surface area contributed by atoms with Crippen molar-refractivity contribution in [3.8, 4) is 11.5 Å². The Hall–Kier alpha value is -4.58. The molecule has 4 rings (SSSR count). The molecule has 1 fully saturated rings. The first-order valence-electron chi connectivity index (χ1n) is 15.2. The summed E-state index contributed by atoms with van der Waals surface area (Å²) in [5.41, 5.74) is -1.33. The lowest BCUT2D eigenvalue weighted by atomic mass is 9.96. The Balaban J connectivity index is 1.29. The number of sulfonamides is 1. The third kappa shape index (κ3) is 9.46. The van der Waals surface area contributed by atoms with Crippen molar-refractivity contribution in [2.24, 2.45) is 5.92 Å². The highest BCUT2D eigenvalue weighted by atomic mass is 32.2. The number of piperidine rings is 1. The average molecular weight is 651 g/mol. The van der Waals surface area contributed by atoms with Crippen molar-refractivity contribution in [1.82, 2.24) is 15.5 Å². The second-order valence-corrected chi connectivity index (χ2v) is 14.4. The summed E-state index contributed by atoms with van der Waals surface area (Å²) in [6.45, 7) is 10.2. The zero-order valence-corrected chi connectivity index (χ0v) is 27.6. The van der Waals surface area contributed by atoms with Crippen LogP contribution in [0.4, 0.5) is 10.5 Å². The number of amides is 3. The molecule has 3 aromatic rings. The van der Waals surface area contributed by atoms with Gasteiger partial charge in [0.25, 0.3) is 15.9 Å². The van der Waals surface area contributed by atoms with Crippen molar-refractivity contribution in [3.05, 3.63) is 84.4 Å². The minimum absolute atomic E-state index is 0.0479. The monoisotopic (exact) mass is 650 g/mol. The van der Waals surface area contributed by atoms with Gasteiger partial charge in [0.05, 0.1) is 10.6 Å². The van der Waals surface area contributed by atoms with Crippen LogP contribution in [-0.2, 0) is 19.6 Å². The van der Waals surface area contributed by atoms with Gasteiger partial charge >= 0.3 is 6.09 Å². The third-order valence-electron chi connectivity index (χ3n) is 7.34. The Morgan fingerprint density at radius 3 is 2.09 bits per heavy atom. The number of hydrogen-bond donors (Lipinski definition) is 3. The Morgan fingerprint density at radius 1 is 0.848 bits per heavy atom. The van der Waals surface area contributed by atoms with E-state index in [4.69, 9.17) is 9.47 Å². The molecule has 0 spiro atoms. The normalized spacial score (nSPS) is 14.2. The fourth-order valence-electron chi connectivity index (χ4n) is 4.76. The van der Waals surface area contributed by atoms with Gasteiger partial charge in [-0.05, 0) is 102 Å². The van der Waals surface area contributed by atoms with E-state index in [0.29, 0.717) is 31.1 Å². The summed E-state index contributed by atoms with van der Waals surface area (Å²) in [7, 11) is -4.01. The zero-order chi connectivity index (χ0) is 33.5. The largest absolute Gasteiger partial charge is 0.455 e. The van der Waals surface area contributed by atoms with Gasteiger partial charge in [0, 0.05) is 25.2 Å². The SMILES string of the molecule is CC(C)(C)OC(=O)N1CCC(CNC(=O)C(C)(C)NC(=O)c2ccc(S(=O)(=O)Nc3ccccc3Oc3ccccc3)cc2)CC1. The number of ether oxygens (including phenoxy) is 2. The molecular formula is C34H42N4O7S. The van der Waals surface area contributed by atoms with Crippen molar-refractivity contribution >= 4 is 33.6 Å². The first-order valence-corrected chi connectivity index (χ1v) is 16.6. The van der Waals surface area contributed by atoms with Gasteiger partial charge in [0.15, 0.2) is 5.75 Å². The van der Waals surface area contributed by atoms with Gasteiger partial charge in [-0.2, -0.15) is 0 Å². The molecule has 246 valence electrons. The fraction of sp³-hybridized carbons (Fsp3) is 0.382. The molecule has 0 aliphatic carbocycles. The van der Waals surface area contributed by atoms with E-state index in [-0.39, 0.29) is 34.1 Å². The van der Waals surface area contributed by atoms with Crippen LogP contribution >= 0.6 is 0 Å². The molecule has 1 aliphatic rings. The maximum atomic E-state index is 13.2. The topological polar surface area (TPSA) is 143 Å². The second-order valence-electron chi connectivity index (χ2n) is 12.7.